The van der Waals surface area contributed by atoms with Crippen molar-refractivity contribution in [1.82, 2.24) is 5.43 Å². The Balaban J connectivity index is 2.77. The minimum atomic E-state index is -0.278. The lowest BCUT2D eigenvalue weighted by Crippen LogP contribution is -2.28. The third kappa shape index (κ3) is 3.60. The lowest BCUT2D eigenvalue weighted by Gasteiger charge is -2.15. The summed E-state index contributed by atoms with van der Waals surface area (Å²) in [5, 5.41) is 0. The van der Waals surface area contributed by atoms with Crippen molar-refractivity contribution < 1.29 is 4.39 Å². The van der Waals surface area contributed by atoms with E-state index < -0.39 is 0 Å². The predicted molar refractivity (Wildman–Crippen MR) is 66.8 cm³/mol. The van der Waals surface area contributed by atoms with Crippen molar-refractivity contribution in [2.45, 2.75) is 25.8 Å². The van der Waals surface area contributed by atoms with Crippen molar-refractivity contribution in [3.63, 3.8) is 0 Å². The summed E-state index contributed by atoms with van der Waals surface area (Å²) >= 11 is 3.12. The first kappa shape index (κ1) is 13.2. The van der Waals surface area contributed by atoms with Gasteiger partial charge in [0.05, 0.1) is 4.47 Å². The first-order valence-corrected chi connectivity index (χ1v) is 5.79. The molecule has 1 rings (SSSR count). The lowest BCUT2D eigenvalue weighted by atomic mass is 10.0. The molecule has 1 atom stereocenters. The van der Waals surface area contributed by atoms with Crippen LogP contribution in [0.15, 0.2) is 22.7 Å². The van der Waals surface area contributed by atoms with E-state index in [1.165, 1.54) is 6.07 Å². The molecular formula is C12H14BrFN2. The fourth-order valence-corrected chi connectivity index (χ4v) is 1.66. The molecular weight excluding hydrogens is 271 g/mol. The predicted octanol–water partition coefficient (Wildman–Crippen LogP) is 2.90. The second kappa shape index (κ2) is 6.64. The van der Waals surface area contributed by atoms with Gasteiger partial charge in [0.25, 0.3) is 0 Å². The second-order valence-electron chi connectivity index (χ2n) is 3.36. The van der Waals surface area contributed by atoms with Gasteiger partial charge in [-0.1, -0.05) is 6.07 Å². The number of nitrogens with one attached hydrogen (secondary N) is 1. The van der Waals surface area contributed by atoms with Gasteiger partial charge in [0.15, 0.2) is 0 Å². The number of hydrogen-bond donors (Lipinski definition) is 2. The Kier molecular flexibility index (Phi) is 5.47. The van der Waals surface area contributed by atoms with E-state index in [-0.39, 0.29) is 11.9 Å². The van der Waals surface area contributed by atoms with Crippen molar-refractivity contribution in [2.24, 2.45) is 5.84 Å². The molecule has 0 spiro atoms. The van der Waals surface area contributed by atoms with Gasteiger partial charge in [0.1, 0.15) is 5.82 Å². The Labute approximate surface area is 104 Å². The summed E-state index contributed by atoms with van der Waals surface area (Å²) in [5.74, 6) is 10.9. The molecule has 0 aromatic heterocycles. The molecule has 1 aromatic carbocycles. The standard InChI is InChI=1S/C12H14BrFN2/c1-2-3-4-5-12(16-15)9-6-7-10(13)11(14)8-9/h6-8,12,16H,4-5,15H2,1H3. The summed E-state index contributed by atoms with van der Waals surface area (Å²) in [5.41, 5.74) is 3.51. The maximum atomic E-state index is 13.3. The summed E-state index contributed by atoms with van der Waals surface area (Å²) in [4.78, 5) is 0. The summed E-state index contributed by atoms with van der Waals surface area (Å²) < 4.78 is 13.8. The van der Waals surface area contributed by atoms with Crippen LogP contribution in [0.25, 0.3) is 0 Å². The van der Waals surface area contributed by atoms with Gasteiger partial charge in [-0.25, -0.2) is 4.39 Å². The van der Waals surface area contributed by atoms with Crippen LogP contribution in [0.5, 0.6) is 0 Å². The maximum absolute atomic E-state index is 13.3. The summed E-state index contributed by atoms with van der Waals surface area (Å²) in [6, 6.07) is 4.94. The third-order valence-electron chi connectivity index (χ3n) is 2.28. The molecule has 0 radical (unpaired) electrons. The van der Waals surface area contributed by atoms with Crippen LogP contribution in [-0.2, 0) is 0 Å². The van der Waals surface area contributed by atoms with Crippen LogP contribution < -0.4 is 11.3 Å². The van der Waals surface area contributed by atoms with Gasteiger partial charge < -0.3 is 0 Å². The molecule has 2 nitrogen and oxygen atoms in total. The number of rotatable bonds is 4. The molecule has 0 aliphatic carbocycles. The molecule has 1 aromatic rings. The fraction of sp³-hybridized carbons (Fsp3) is 0.333. The Morgan fingerprint density at radius 3 is 2.88 bits per heavy atom. The van der Waals surface area contributed by atoms with Crippen LogP contribution >= 0.6 is 15.9 Å². The molecule has 0 aliphatic rings. The van der Waals surface area contributed by atoms with Crippen molar-refractivity contribution in [3.8, 4) is 11.8 Å². The van der Waals surface area contributed by atoms with Gasteiger partial charge >= 0.3 is 0 Å². The van der Waals surface area contributed by atoms with Gasteiger partial charge in [-0.2, -0.15) is 0 Å². The van der Waals surface area contributed by atoms with Gasteiger partial charge in [-0.15, -0.1) is 11.8 Å². The van der Waals surface area contributed by atoms with Gasteiger partial charge in [-0.05, 0) is 47.0 Å². The topological polar surface area (TPSA) is 38.0 Å². The molecule has 0 fully saturated rings. The summed E-state index contributed by atoms with van der Waals surface area (Å²) in [7, 11) is 0. The van der Waals surface area contributed by atoms with Crippen molar-refractivity contribution in [3.05, 3.63) is 34.1 Å². The van der Waals surface area contributed by atoms with Crippen molar-refractivity contribution >= 4 is 15.9 Å². The Bertz CT molecular complexity index is 409. The minimum absolute atomic E-state index is 0.0663. The largest absolute Gasteiger partial charge is 0.271 e. The molecule has 16 heavy (non-hydrogen) atoms. The van der Waals surface area contributed by atoms with E-state index in [0.717, 1.165) is 18.4 Å². The maximum Gasteiger partial charge on any atom is 0.137 e. The van der Waals surface area contributed by atoms with Crippen LogP contribution in [0.4, 0.5) is 4.39 Å². The van der Waals surface area contributed by atoms with Gasteiger partial charge in [0, 0.05) is 12.5 Å². The Morgan fingerprint density at radius 1 is 1.56 bits per heavy atom. The Morgan fingerprint density at radius 2 is 2.31 bits per heavy atom. The van der Waals surface area contributed by atoms with E-state index in [9.17, 15) is 4.39 Å². The van der Waals surface area contributed by atoms with Crippen LogP contribution in [0, 0.1) is 17.7 Å². The van der Waals surface area contributed by atoms with Crippen LogP contribution in [0.1, 0.15) is 31.4 Å². The van der Waals surface area contributed by atoms with E-state index >= 15 is 0 Å². The normalized spacial score (nSPS) is 11.8. The number of nitrogens with two attached hydrogens (primary N) is 1. The molecule has 0 heterocycles. The molecule has 4 heteroatoms. The highest BCUT2D eigenvalue weighted by atomic mass is 79.9. The number of halogens is 2. The lowest BCUT2D eigenvalue weighted by molar-refractivity contribution is 0.518. The van der Waals surface area contributed by atoms with E-state index in [1.807, 2.05) is 6.07 Å². The first-order valence-electron chi connectivity index (χ1n) is 4.99. The molecule has 86 valence electrons. The van der Waals surface area contributed by atoms with Crippen molar-refractivity contribution in [1.29, 1.82) is 0 Å². The van der Waals surface area contributed by atoms with E-state index in [4.69, 9.17) is 5.84 Å². The monoisotopic (exact) mass is 284 g/mol. The minimum Gasteiger partial charge on any atom is -0.271 e. The van der Waals surface area contributed by atoms with Crippen LogP contribution in [0.2, 0.25) is 0 Å². The molecule has 1 unspecified atom stereocenters. The smallest absolute Gasteiger partial charge is 0.137 e. The van der Waals surface area contributed by atoms with E-state index in [1.54, 1.807) is 13.0 Å². The molecule has 0 saturated carbocycles. The molecule has 0 aliphatic heterocycles. The second-order valence-corrected chi connectivity index (χ2v) is 4.21. The first-order chi connectivity index (χ1) is 7.69. The summed E-state index contributed by atoms with van der Waals surface area (Å²) in [6.07, 6.45) is 1.50. The quantitative estimate of drug-likeness (QED) is 0.507. The van der Waals surface area contributed by atoms with Gasteiger partial charge in [-0.3, -0.25) is 11.3 Å². The average molecular weight is 285 g/mol. The SMILES string of the molecule is CC#CCCC(NN)c1ccc(Br)c(F)c1. The Hall–Kier alpha value is -0.890. The van der Waals surface area contributed by atoms with Crippen LogP contribution in [0.3, 0.4) is 0 Å². The fourth-order valence-electron chi connectivity index (χ4n) is 1.42. The summed E-state index contributed by atoms with van der Waals surface area (Å²) in [6.45, 7) is 1.80. The zero-order valence-electron chi connectivity index (χ0n) is 9.06. The highest BCUT2D eigenvalue weighted by Crippen LogP contribution is 2.22. The van der Waals surface area contributed by atoms with E-state index in [0.29, 0.717) is 4.47 Å². The third-order valence-corrected chi connectivity index (χ3v) is 2.93. The zero-order chi connectivity index (χ0) is 12.0. The highest BCUT2D eigenvalue weighted by molar-refractivity contribution is 9.10. The van der Waals surface area contributed by atoms with Gasteiger partial charge in [0.2, 0.25) is 0 Å². The molecule has 0 saturated heterocycles. The number of hydrazine groups is 1. The average Bonchev–Trinajstić information content (AvgIpc) is 2.29. The zero-order valence-corrected chi connectivity index (χ0v) is 10.6. The molecule has 3 N–H and O–H groups in total. The molecule has 0 bridgehead atoms. The van der Waals surface area contributed by atoms with E-state index in [2.05, 4.69) is 33.2 Å². The number of hydrogen-bond acceptors (Lipinski definition) is 2. The highest BCUT2D eigenvalue weighted by Gasteiger charge is 2.10. The number of benzene rings is 1. The van der Waals surface area contributed by atoms with Crippen LogP contribution in [-0.4, -0.2) is 0 Å². The molecule has 0 amide bonds. The van der Waals surface area contributed by atoms with Crippen molar-refractivity contribution in [2.75, 3.05) is 0 Å².